The highest BCUT2D eigenvalue weighted by atomic mass is 32.2. The summed E-state index contributed by atoms with van der Waals surface area (Å²) in [6.07, 6.45) is 0. The monoisotopic (exact) mass is 376 g/mol. The number of ether oxygens (including phenoxy) is 1. The van der Waals surface area contributed by atoms with Crippen molar-refractivity contribution in [2.45, 2.75) is 38.6 Å². The van der Waals surface area contributed by atoms with E-state index in [1.807, 2.05) is 26.0 Å². The van der Waals surface area contributed by atoms with Gasteiger partial charge in [0.15, 0.2) is 0 Å². The Kier molecular flexibility index (Phi) is 6.05. The number of benzene rings is 2. The summed E-state index contributed by atoms with van der Waals surface area (Å²) in [5.41, 5.74) is 3.36. The third kappa shape index (κ3) is 4.62. The zero-order valence-electron chi connectivity index (χ0n) is 15.6. The summed E-state index contributed by atoms with van der Waals surface area (Å²) in [7, 11) is -2.31. The number of carbonyl (C=O) groups is 1. The largest absolute Gasteiger partial charge is 0.496 e. The molecule has 0 radical (unpaired) electrons. The van der Waals surface area contributed by atoms with Crippen LogP contribution in [0.25, 0.3) is 0 Å². The van der Waals surface area contributed by atoms with Crippen molar-refractivity contribution in [1.82, 2.24) is 4.72 Å². The van der Waals surface area contributed by atoms with E-state index < -0.39 is 22.0 Å². The predicted octanol–water partition coefficient (Wildman–Crippen LogP) is 2.93. The summed E-state index contributed by atoms with van der Waals surface area (Å²) in [6, 6.07) is 9.25. The Balaban J connectivity index is 2.13. The average Bonchev–Trinajstić information content (AvgIpc) is 2.56. The lowest BCUT2D eigenvalue weighted by Gasteiger charge is -2.16. The second-order valence-electron chi connectivity index (χ2n) is 6.28. The highest BCUT2D eigenvalue weighted by molar-refractivity contribution is 7.89. The van der Waals surface area contributed by atoms with Crippen LogP contribution in [0.4, 0.5) is 5.69 Å². The van der Waals surface area contributed by atoms with Crippen LogP contribution in [0.2, 0.25) is 0 Å². The average molecular weight is 376 g/mol. The summed E-state index contributed by atoms with van der Waals surface area (Å²) in [6.45, 7) is 7.12. The van der Waals surface area contributed by atoms with Gasteiger partial charge in [-0.1, -0.05) is 17.7 Å². The first-order valence-corrected chi connectivity index (χ1v) is 9.67. The van der Waals surface area contributed by atoms with Crippen LogP contribution in [0.5, 0.6) is 5.75 Å². The van der Waals surface area contributed by atoms with Crippen LogP contribution in [0.1, 0.15) is 23.6 Å². The van der Waals surface area contributed by atoms with Gasteiger partial charge in [0.2, 0.25) is 15.9 Å². The first kappa shape index (κ1) is 19.9. The Bertz CT molecular complexity index is 923. The molecule has 140 valence electrons. The van der Waals surface area contributed by atoms with Crippen molar-refractivity contribution in [1.29, 1.82) is 0 Å². The van der Waals surface area contributed by atoms with E-state index in [0.717, 1.165) is 11.1 Å². The zero-order valence-corrected chi connectivity index (χ0v) is 16.4. The molecule has 0 saturated heterocycles. The van der Waals surface area contributed by atoms with E-state index in [4.69, 9.17) is 4.74 Å². The number of carbonyl (C=O) groups excluding carboxylic acids is 1. The van der Waals surface area contributed by atoms with Crippen LogP contribution >= 0.6 is 0 Å². The second kappa shape index (κ2) is 7.88. The molecular weight excluding hydrogens is 352 g/mol. The molecule has 2 aromatic rings. The fourth-order valence-corrected chi connectivity index (χ4v) is 3.85. The molecule has 0 fully saturated rings. The van der Waals surface area contributed by atoms with Crippen molar-refractivity contribution in [2.75, 3.05) is 12.4 Å². The highest BCUT2D eigenvalue weighted by Gasteiger charge is 2.23. The van der Waals surface area contributed by atoms with Gasteiger partial charge in [-0.05, 0) is 63.1 Å². The molecule has 26 heavy (non-hydrogen) atoms. The minimum atomic E-state index is -3.83. The van der Waals surface area contributed by atoms with E-state index in [1.165, 1.54) is 26.2 Å². The lowest BCUT2D eigenvalue weighted by atomic mass is 10.1. The van der Waals surface area contributed by atoms with Crippen LogP contribution in [0, 0.1) is 20.8 Å². The van der Waals surface area contributed by atoms with Gasteiger partial charge in [-0.3, -0.25) is 4.79 Å². The maximum absolute atomic E-state index is 12.5. The molecule has 0 spiro atoms. The standard InChI is InChI=1S/C19H24N2O4S/c1-12-6-8-17(13(2)10-12)20-19(22)15(4)21-26(23,24)16-7-9-18(25-5)14(3)11-16/h6-11,15,21H,1-5H3,(H,20,22). The number of rotatable bonds is 6. The Morgan fingerprint density at radius 3 is 2.31 bits per heavy atom. The number of hydrogen-bond donors (Lipinski definition) is 2. The lowest BCUT2D eigenvalue weighted by Crippen LogP contribution is -2.41. The number of aryl methyl sites for hydroxylation is 3. The molecule has 0 aliphatic carbocycles. The van der Waals surface area contributed by atoms with Gasteiger partial charge in [0, 0.05) is 5.69 Å². The molecule has 0 aliphatic rings. The third-order valence-electron chi connectivity index (χ3n) is 4.04. The molecule has 1 unspecified atom stereocenters. The third-order valence-corrected chi connectivity index (χ3v) is 5.58. The maximum Gasteiger partial charge on any atom is 0.242 e. The lowest BCUT2D eigenvalue weighted by molar-refractivity contribution is -0.117. The number of hydrogen-bond acceptors (Lipinski definition) is 4. The molecular formula is C19H24N2O4S. The highest BCUT2D eigenvalue weighted by Crippen LogP contribution is 2.21. The summed E-state index contributed by atoms with van der Waals surface area (Å²) in [4.78, 5) is 12.5. The van der Waals surface area contributed by atoms with E-state index in [9.17, 15) is 13.2 Å². The SMILES string of the molecule is COc1ccc(S(=O)(=O)NC(C)C(=O)Nc2ccc(C)cc2C)cc1C. The van der Waals surface area contributed by atoms with Crippen LogP contribution in [0.15, 0.2) is 41.3 Å². The van der Waals surface area contributed by atoms with Gasteiger partial charge in [-0.2, -0.15) is 4.72 Å². The Morgan fingerprint density at radius 2 is 1.73 bits per heavy atom. The number of anilines is 1. The topological polar surface area (TPSA) is 84.5 Å². The van der Waals surface area contributed by atoms with Gasteiger partial charge >= 0.3 is 0 Å². The maximum atomic E-state index is 12.5. The van der Waals surface area contributed by atoms with Gasteiger partial charge in [-0.25, -0.2) is 8.42 Å². The van der Waals surface area contributed by atoms with Crippen molar-refractivity contribution in [3.05, 3.63) is 53.1 Å². The summed E-state index contributed by atoms with van der Waals surface area (Å²) >= 11 is 0. The quantitative estimate of drug-likeness (QED) is 0.812. The molecule has 0 heterocycles. The number of methoxy groups -OCH3 is 1. The molecule has 1 atom stereocenters. The molecule has 2 rings (SSSR count). The van der Waals surface area contributed by atoms with E-state index in [2.05, 4.69) is 10.0 Å². The van der Waals surface area contributed by atoms with Gasteiger partial charge in [0.1, 0.15) is 5.75 Å². The van der Waals surface area contributed by atoms with Crippen LogP contribution in [-0.4, -0.2) is 27.5 Å². The number of amides is 1. The van der Waals surface area contributed by atoms with Gasteiger partial charge < -0.3 is 10.1 Å². The normalized spacial score (nSPS) is 12.5. The molecule has 0 aliphatic heterocycles. The van der Waals surface area contributed by atoms with E-state index in [1.54, 1.807) is 19.1 Å². The Hall–Kier alpha value is -2.38. The molecule has 0 bridgehead atoms. The van der Waals surface area contributed by atoms with Crippen molar-refractivity contribution < 1.29 is 17.9 Å². The summed E-state index contributed by atoms with van der Waals surface area (Å²) in [5, 5.41) is 2.75. The fourth-order valence-electron chi connectivity index (χ4n) is 2.57. The van der Waals surface area contributed by atoms with Crippen molar-refractivity contribution in [3.8, 4) is 5.75 Å². The van der Waals surface area contributed by atoms with Crippen LogP contribution in [0.3, 0.4) is 0 Å². The first-order chi connectivity index (χ1) is 12.1. The molecule has 6 nitrogen and oxygen atoms in total. The van der Waals surface area contributed by atoms with Crippen molar-refractivity contribution in [3.63, 3.8) is 0 Å². The predicted molar refractivity (Wildman–Crippen MR) is 102 cm³/mol. The van der Waals surface area contributed by atoms with Gasteiger partial charge in [0.05, 0.1) is 18.0 Å². The smallest absolute Gasteiger partial charge is 0.242 e. The molecule has 2 aromatic carbocycles. The van der Waals surface area contributed by atoms with Crippen LogP contribution in [-0.2, 0) is 14.8 Å². The zero-order chi connectivity index (χ0) is 19.5. The molecule has 2 N–H and O–H groups in total. The second-order valence-corrected chi connectivity index (χ2v) is 8.00. The van der Waals surface area contributed by atoms with Gasteiger partial charge in [0.25, 0.3) is 0 Å². The number of sulfonamides is 1. The summed E-state index contributed by atoms with van der Waals surface area (Å²) < 4.78 is 32.6. The Morgan fingerprint density at radius 1 is 1.04 bits per heavy atom. The van der Waals surface area contributed by atoms with Crippen molar-refractivity contribution in [2.24, 2.45) is 0 Å². The minimum absolute atomic E-state index is 0.0852. The van der Waals surface area contributed by atoms with Crippen molar-refractivity contribution >= 4 is 21.6 Å². The van der Waals surface area contributed by atoms with Crippen LogP contribution < -0.4 is 14.8 Å². The molecule has 0 saturated carbocycles. The van der Waals surface area contributed by atoms with E-state index in [-0.39, 0.29) is 4.90 Å². The fraction of sp³-hybridized carbons (Fsp3) is 0.316. The molecule has 7 heteroatoms. The Labute approximate surface area is 154 Å². The van der Waals surface area contributed by atoms with E-state index in [0.29, 0.717) is 17.0 Å². The molecule has 0 aromatic heterocycles. The van der Waals surface area contributed by atoms with E-state index >= 15 is 0 Å². The number of nitrogens with one attached hydrogen (secondary N) is 2. The van der Waals surface area contributed by atoms with Gasteiger partial charge in [-0.15, -0.1) is 0 Å². The summed E-state index contributed by atoms with van der Waals surface area (Å²) in [5.74, 6) is 0.176. The first-order valence-electron chi connectivity index (χ1n) is 8.19. The minimum Gasteiger partial charge on any atom is -0.496 e. The molecule has 1 amide bonds.